The van der Waals surface area contributed by atoms with E-state index in [1.54, 1.807) is 0 Å². The molecule has 152 valence electrons. The van der Waals surface area contributed by atoms with Crippen molar-refractivity contribution in [2.24, 2.45) is 5.92 Å². The van der Waals surface area contributed by atoms with Crippen LogP contribution in [0.2, 0.25) is 0 Å². The van der Waals surface area contributed by atoms with Gasteiger partial charge < -0.3 is 10.0 Å². The fourth-order valence-corrected chi connectivity index (χ4v) is 4.50. The van der Waals surface area contributed by atoms with Gasteiger partial charge in [0.05, 0.1) is 18.7 Å². The first-order valence-corrected chi connectivity index (χ1v) is 10.3. The number of aliphatic hydroxyl groups is 1. The Labute approximate surface area is 175 Å². The first kappa shape index (κ1) is 20.1. The molecule has 0 unspecified atom stereocenters. The van der Waals surface area contributed by atoms with Crippen molar-refractivity contribution in [3.05, 3.63) is 71.0 Å². The fourth-order valence-electron chi connectivity index (χ4n) is 4.50. The van der Waals surface area contributed by atoms with Crippen molar-refractivity contribution < 1.29 is 14.3 Å². The van der Waals surface area contributed by atoms with E-state index in [1.807, 2.05) is 24.3 Å². The number of carbonyl (C=O) groups excluding carboxylic acids is 1. The summed E-state index contributed by atoms with van der Waals surface area (Å²) >= 11 is 0. The van der Waals surface area contributed by atoms with Gasteiger partial charge in [-0.3, -0.25) is 4.79 Å². The van der Waals surface area contributed by atoms with Gasteiger partial charge in [0.15, 0.2) is 0 Å². The maximum Gasteiger partial charge on any atom is 0.255 e. The van der Waals surface area contributed by atoms with E-state index in [9.17, 15) is 19.6 Å². The molecular formula is C25H23FN2O2. The van der Waals surface area contributed by atoms with Crippen molar-refractivity contribution in [1.29, 1.82) is 5.26 Å². The normalized spacial score (nSPS) is 23.2. The lowest BCUT2D eigenvalue weighted by Gasteiger charge is -2.51. The Bertz CT molecular complexity index is 1030. The van der Waals surface area contributed by atoms with Crippen LogP contribution in [0, 0.1) is 34.9 Å². The van der Waals surface area contributed by atoms with Gasteiger partial charge in [-0.05, 0) is 48.7 Å². The topological polar surface area (TPSA) is 64.3 Å². The lowest BCUT2D eigenvalue weighted by molar-refractivity contribution is -0.00588. The van der Waals surface area contributed by atoms with Crippen molar-refractivity contribution in [2.75, 3.05) is 6.61 Å². The Morgan fingerprint density at radius 2 is 1.90 bits per heavy atom. The molecule has 2 aromatic rings. The summed E-state index contributed by atoms with van der Waals surface area (Å²) in [5.74, 6) is 5.79. The van der Waals surface area contributed by atoms with Crippen LogP contribution in [-0.4, -0.2) is 34.6 Å². The van der Waals surface area contributed by atoms with E-state index < -0.39 is 23.8 Å². The van der Waals surface area contributed by atoms with Crippen LogP contribution in [-0.2, 0) is 0 Å². The summed E-state index contributed by atoms with van der Waals surface area (Å²) in [4.78, 5) is 14.2. The van der Waals surface area contributed by atoms with E-state index in [2.05, 4.69) is 17.9 Å². The predicted molar refractivity (Wildman–Crippen MR) is 111 cm³/mol. The number of carbonyl (C=O) groups is 1. The Kier molecular flexibility index (Phi) is 5.84. The number of amides is 1. The van der Waals surface area contributed by atoms with Crippen molar-refractivity contribution in [2.45, 2.75) is 43.7 Å². The lowest BCUT2D eigenvalue weighted by Crippen LogP contribution is -2.65. The first-order chi connectivity index (χ1) is 14.6. The monoisotopic (exact) mass is 402 g/mol. The molecule has 0 spiro atoms. The zero-order valence-electron chi connectivity index (χ0n) is 16.6. The van der Waals surface area contributed by atoms with E-state index in [-0.39, 0.29) is 18.1 Å². The Morgan fingerprint density at radius 3 is 2.53 bits per heavy atom. The molecule has 0 radical (unpaired) electrons. The van der Waals surface area contributed by atoms with Gasteiger partial charge in [-0.15, -0.1) is 0 Å². The Hall–Kier alpha value is -3.15. The summed E-state index contributed by atoms with van der Waals surface area (Å²) in [6, 6.07) is 14.0. The summed E-state index contributed by atoms with van der Waals surface area (Å²) < 4.78 is 13.5. The van der Waals surface area contributed by atoms with E-state index in [4.69, 9.17) is 0 Å². The number of halogens is 1. The SMILES string of the molecule is N#C[C@H]1[C@H](c2ccc(C#CC3CCCC3)cc2)[C@@H](CO)N1C(=O)c1cccc(F)c1. The maximum atomic E-state index is 13.5. The molecule has 1 saturated carbocycles. The summed E-state index contributed by atoms with van der Waals surface area (Å²) in [6.07, 6.45) is 4.85. The van der Waals surface area contributed by atoms with Gasteiger partial charge in [-0.1, -0.05) is 42.9 Å². The second-order valence-corrected chi connectivity index (χ2v) is 7.95. The fraction of sp³-hybridized carbons (Fsp3) is 0.360. The van der Waals surface area contributed by atoms with E-state index in [0.29, 0.717) is 5.92 Å². The molecule has 4 nitrogen and oxygen atoms in total. The second kappa shape index (κ2) is 8.69. The summed E-state index contributed by atoms with van der Waals surface area (Å²) in [6.45, 7) is -0.271. The summed E-state index contributed by atoms with van der Waals surface area (Å²) in [5.41, 5.74) is 1.98. The molecule has 1 N–H and O–H groups in total. The van der Waals surface area contributed by atoms with Crippen LogP contribution in [0.25, 0.3) is 0 Å². The van der Waals surface area contributed by atoms with Crippen LogP contribution in [0.3, 0.4) is 0 Å². The standard InChI is InChI=1S/C25H23FN2O2/c26-21-7-3-6-20(14-21)25(30)28-22(15-27)24(23(28)16-29)19-12-10-18(11-13-19)9-8-17-4-1-2-5-17/h3,6-7,10-14,17,22-24,29H,1-2,4-5,16H2/t22-,23+,24-/m0/s1. The van der Waals surface area contributed by atoms with Gasteiger partial charge in [-0.25, -0.2) is 4.39 Å². The molecule has 30 heavy (non-hydrogen) atoms. The van der Waals surface area contributed by atoms with Crippen LogP contribution in [0.15, 0.2) is 48.5 Å². The van der Waals surface area contributed by atoms with E-state index >= 15 is 0 Å². The predicted octanol–water partition coefficient (Wildman–Crippen LogP) is 3.86. The number of likely N-dealkylation sites (tertiary alicyclic amines) is 1. The highest BCUT2D eigenvalue weighted by atomic mass is 19.1. The number of aliphatic hydroxyl groups excluding tert-OH is 1. The zero-order chi connectivity index (χ0) is 21.1. The van der Waals surface area contributed by atoms with Crippen molar-refractivity contribution in [1.82, 2.24) is 4.90 Å². The lowest BCUT2D eigenvalue weighted by atomic mass is 9.75. The molecule has 1 saturated heterocycles. The quantitative estimate of drug-likeness (QED) is 0.793. The van der Waals surface area contributed by atoms with Gasteiger partial charge in [0.2, 0.25) is 0 Å². The molecule has 1 heterocycles. The first-order valence-electron chi connectivity index (χ1n) is 10.3. The third kappa shape index (κ3) is 3.82. The molecule has 2 fully saturated rings. The van der Waals surface area contributed by atoms with Gasteiger partial charge >= 0.3 is 0 Å². The van der Waals surface area contributed by atoms with Crippen LogP contribution in [0.1, 0.15) is 53.1 Å². The Morgan fingerprint density at radius 1 is 1.17 bits per heavy atom. The molecule has 1 aliphatic carbocycles. The molecule has 0 bridgehead atoms. The van der Waals surface area contributed by atoms with Crippen molar-refractivity contribution >= 4 is 5.91 Å². The van der Waals surface area contributed by atoms with Gasteiger partial charge in [0.25, 0.3) is 5.91 Å². The van der Waals surface area contributed by atoms with Gasteiger partial charge in [0, 0.05) is 23.0 Å². The molecule has 1 amide bonds. The van der Waals surface area contributed by atoms with Crippen LogP contribution < -0.4 is 0 Å². The molecule has 2 aliphatic rings. The highest BCUT2D eigenvalue weighted by Gasteiger charge is 2.51. The number of benzene rings is 2. The minimum atomic E-state index is -0.714. The highest BCUT2D eigenvalue weighted by molar-refractivity contribution is 5.95. The third-order valence-electron chi connectivity index (χ3n) is 6.11. The number of nitrogens with zero attached hydrogens (tertiary/aromatic N) is 2. The number of rotatable bonds is 3. The molecule has 3 atom stereocenters. The van der Waals surface area contributed by atoms with Crippen molar-refractivity contribution in [3.8, 4) is 17.9 Å². The number of nitriles is 1. The minimum absolute atomic E-state index is 0.171. The summed E-state index contributed by atoms with van der Waals surface area (Å²) in [5, 5.41) is 19.6. The van der Waals surface area contributed by atoms with E-state index in [1.165, 1.54) is 48.8 Å². The molecule has 2 aromatic carbocycles. The molecule has 5 heteroatoms. The van der Waals surface area contributed by atoms with Gasteiger partial charge in [-0.2, -0.15) is 5.26 Å². The number of hydrogen-bond acceptors (Lipinski definition) is 3. The molecule has 0 aromatic heterocycles. The van der Waals surface area contributed by atoms with Crippen molar-refractivity contribution in [3.63, 3.8) is 0 Å². The maximum absolute atomic E-state index is 13.5. The second-order valence-electron chi connectivity index (χ2n) is 7.95. The third-order valence-corrected chi connectivity index (χ3v) is 6.11. The van der Waals surface area contributed by atoms with E-state index in [0.717, 1.165) is 17.2 Å². The van der Waals surface area contributed by atoms with Gasteiger partial charge in [0.1, 0.15) is 11.9 Å². The average Bonchev–Trinajstić information content (AvgIpc) is 3.27. The molecule has 4 rings (SSSR count). The van der Waals surface area contributed by atoms with Crippen LogP contribution in [0.5, 0.6) is 0 Å². The molecular weight excluding hydrogens is 379 g/mol. The molecule has 1 aliphatic heterocycles. The summed E-state index contributed by atoms with van der Waals surface area (Å²) in [7, 11) is 0. The highest BCUT2D eigenvalue weighted by Crippen LogP contribution is 2.41. The smallest absolute Gasteiger partial charge is 0.255 e. The Balaban J connectivity index is 1.52. The zero-order valence-corrected chi connectivity index (χ0v) is 16.6. The van der Waals surface area contributed by atoms with Crippen LogP contribution >= 0.6 is 0 Å². The largest absolute Gasteiger partial charge is 0.394 e. The number of hydrogen-bond donors (Lipinski definition) is 1. The average molecular weight is 402 g/mol. The minimum Gasteiger partial charge on any atom is -0.394 e. The van der Waals surface area contributed by atoms with Crippen LogP contribution in [0.4, 0.5) is 4.39 Å².